The molecule has 0 radical (unpaired) electrons. The van der Waals surface area contributed by atoms with Crippen LogP contribution in [0.15, 0.2) is 77.7 Å². The second kappa shape index (κ2) is 12.0. The maximum absolute atomic E-state index is 14.0. The Morgan fingerprint density at radius 3 is 2.08 bits per heavy atom. The monoisotopic (exact) mass is 549 g/mol. The molecule has 0 bridgehead atoms. The number of aryl methyl sites for hydroxylation is 2. The molecule has 0 heterocycles. The summed E-state index contributed by atoms with van der Waals surface area (Å²) < 4.78 is 29.0. The number of nitrogens with zero attached hydrogens (tertiary/aromatic N) is 2. The number of hydrogen-bond donors (Lipinski definition) is 1. The number of carbonyl (C=O) groups is 2. The Kier molecular flexibility index (Phi) is 9.22. The van der Waals surface area contributed by atoms with Crippen LogP contribution >= 0.6 is 0 Å². The second-order valence-electron chi connectivity index (χ2n) is 11.0. The van der Waals surface area contributed by atoms with Crippen molar-refractivity contribution in [1.29, 1.82) is 0 Å². The van der Waals surface area contributed by atoms with Gasteiger partial charge in [0, 0.05) is 12.1 Å². The number of anilines is 1. The summed E-state index contributed by atoms with van der Waals surface area (Å²) in [6.07, 6.45) is 0. The predicted molar refractivity (Wildman–Crippen MR) is 156 cm³/mol. The van der Waals surface area contributed by atoms with E-state index in [1.54, 1.807) is 37.3 Å². The zero-order valence-electron chi connectivity index (χ0n) is 23.9. The predicted octanol–water partition coefficient (Wildman–Crippen LogP) is 5.14. The first-order valence-corrected chi connectivity index (χ1v) is 14.5. The number of benzene rings is 3. The normalized spacial score (nSPS) is 12.5. The molecule has 0 spiro atoms. The van der Waals surface area contributed by atoms with Crippen molar-refractivity contribution in [2.75, 3.05) is 10.8 Å². The molecule has 7 nitrogen and oxygen atoms in total. The Hall–Kier alpha value is -3.65. The molecule has 1 unspecified atom stereocenters. The third-order valence-corrected chi connectivity index (χ3v) is 8.37. The molecular formula is C31H39N3O4S. The standard InChI is InChI=1S/C31H39N3O4S/c1-22-16-18-26(19-17-22)20-33(25(4)30(36)32-31(5,6)7)29(35)21-34(28-15-11-12-23(2)24(28)3)39(37,38)27-13-9-8-10-14-27/h8-19,25H,20-21H2,1-7H3,(H,32,36). The highest BCUT2D eigenvalue weighted by molar-refractivity contribution is 7.92. The van der Waals surface area contributed by atoms with Gasteiger partial charge in [-0.05, 0) is 83.4 Å². The molecule has 0 saturated carbocycles. The third kappa shape index (κ3) is 7.47. The number of amides is 2. The van der Waals surface area contributed by atoms with Crippen molar-refractivity contribution < 1.29 is 18.0 Å². The van der Waals surface area contributed by atoms with Gasteiger partial charge in [0.05, 0.1) is 10.6 Å². The van der Waals surface area contributed by atoms with Crippen molar-refractivity contribution in [3.8, 4) is 0 Å². The Labute approximate surface area is 232 Å². The lowest BCUT2D eigenvalue weighted by molar-refractivity contribution is -0.140. The lowest BCUT2D eigenvalue weighted by atomic mass is 10.1. The quantitative estimate of drug-likeness (QED) is 0.401. The fourth-order valence-corrected chi connectivity index (χ4v) is 5.68. The molecule has 8 heteroatoms. The van der Waals surface area contributed by atoms with E-state index in [2.05, 4.69) is 5.32 Å². The maximum Gasteiger partial charge on any atom is 0.264 e. The van der Waals surface area contributed by atoms with E-state index >= 15 is 0 Å². The van der Waals surface area contributed by atoms with E-state index in [1.807, 2.05) is 71.9 Å². The van der Waals surface area contributed by atoms with Crippen LogP contribution in [-0.4, -0.2) is 43.3 Å². The van der Waals surface area contributed by atoms with Crippen LogP contribution in [0.5, 0.6) is 0 Å². The Bertz CT molecular complexity index is 1410. The topological polar surface area (TPSA) is 86.8 Å². The summed E-state index contributed by atoms with van der Waals surface area (Å²) in [7, 11) is -4.09. The van der Waals surface area contributed by atoms with E-state index in [0.29, 0.717) is 5.69 Å². The van der Waals surface area contributed by atoms with Crippen molar-refractivity contribution in [2.45, 2.75) is 71.5 Å². The average Bonchev–Trinajstić information content (AvgIpc) is 2.87. The first-order valence-electron chi connectivity index (χ1n) is 13.0. The minimum Gasteiger partial charge on any atom is -0.350 e. The Balaban J connectivity index is 2.06. The molecule has 0 aliphatic rings. The number of sulfonamides is 1. The molecule has 2 amide bonds. The molecule has 1 atom stereocenters. The van der Waals surface area contributed by atoms with Gasteiger partial charge in [0.1, 0.15) is 12.6 Å². The van der Waals surface area contributed by atoms with Gasteiger partial charge >= 0.3 is 0 Å². The Morgan fingerprint density at radius 1 is 0.872 bits per heavy atom. The van der Waals surface area contributed by atoms with E-state index in [1.165, 1.54) is 17.0 Å². The molecule has 0 saturated heterocycles. The number of hydrogen-bond acceptors (Lipinski definition) is 4. The van der Waals surface area contributed by atoms with Gasteiger partial charge in [-0.25, -0.2) is 8.42 Å². The summed E-state index contributed by atoms with van der Waals surface area (Å²) in [5.74, 6) is -0.792. The fourth-order valence-electron chi connectivity index (χ4n) is 4.19. The van der Waals surface area contributed by atoms with E-state index in [4.69, 9.17) is 0 Å². The number of carbonyl (C=O) groups excluding carboxylic acids is 2. The van der Waals surface area contributed by atoms with Gasteiger partial charge in [-0.2, -0.15) is 0 Å². The first kappa shape index (κ1) is 29.9. The van der Waals surface area contributed by atoms with Crippen LogP contribution in [0.4, 0.5) is 5.69 Å². The van der Waals surface area contributed by atoms with Gasteiger partial charge < -0.3 is 10.2 Å². The van der Waals surface area contributed by atoms with Crippen molar-refractivity contribution in [1.82, 2.24) is 10.2 Å². The number of nitrogens with one attached hydrogen (secondary N) is 1. The molecule has 0 aliphatic carbocycles. The fraction of sp³-hybridized carbons (Fsp3) is 0.355. The summed E-state index contributed by atoms with van der Waals surface area (Å²) in [5, 5.41) is 2.94. The van der Waals surface area contributed by atoms with Gasteiger partial charge in [-0.3, -0.25) is 13.9 Å². The zero-order valence-corrected chi connectivity index (χ0v) is 24.7. The van der Waals surface area contributed by atoms with Crippen molar-refractivity contribution >= 4 is 27.5 Å². The summed E-state index contributed by atoms with van der Waals surface area (Å²) in [6.45, 7) is 12.7. The van der Waals surface area contributed by atoms with Gasteiger partial charge in [0.25, 0.3) is 10.0 Å². The van der Waals surface area contributed by atoms with E-state index in [9.17, 15) is 18.0 Å². The van der Waals surface area contributed by atoms with Crippen LogP contribution < -0.4 is 9.62 Å². The maximum atomic E-state index is 14.0. The van der Waals surface area contributed by atoms with Crippen molar-refractivity contribution in [3.63, 3.8) is 0 Å². The summed E-state index contributed by atoms with van der Waals surface area (Å²) >= 11 is 0. The SMILES string of the molecule is Cc1ccc(CN(C(=O)CN(c2cccc(C)c2C)S(=O)(=O)c2ccccc2)C(C)C(=O)NC(C)(C)C)cc1. The molecule has 0 aliphatic heterocycles. The minimum atomic E-state index is -4.09. The molecule has 3 rings (SSSR count). The first-order chi connectivity index (χ1) is 18.2. The average molecular weight is 550 g/mol. The summed E-state index contributed by atoms with van der Waals surface area (Å²) in [6, 6.07) is 20.3. The molecule has 0 aromatic heterocycles. The molecule has 1 N–H and O–H groups in total. The second-order valence-corrected chi connectivity index (χ2v) is 12.8. The van der Waals surface area contributed by atoms with E-state index < -0.39 is 34.1 Å². The molecule has 208 valence electrons. The lowest BCUT2D eigenvalue weighted by Crippen LogP contribution is -2.54. The van der Waals surface area contributed by atoms with Gasteiger partial charge in [0.15, 0.2) is 0 Å². The minimum absolute atomic E-state index is 0.0855. The highest BCUT2D eigenvalue weighted by Gasteiger charge is 2.34. The van der Waals surface area contributed by atoms with Crippen LogP contribution in [-0.2, 0) is 26.2 Å². The molecule has 39 heavy (non-hydrogen) atoms. The van der Waals surface area contributed by atoms with Gasteiger partial charge in [-0.1, -0.05) is 60.2 Å². The molecule has 3 aromatic rings. The zero-order chi connectivity index (χ0) is 29.0. The summed E-state index contributed by atoms with van der Waals surface area (Å²) in [5.41, 5.74) is 3.51. The van der Waals surface area contributed by atoms with E-state index in [-0.39, 0.29) is 17.3 Å². The Morgan fingerprint density at radius 2 is 1.49 bits per heavy atom. The van der Waals surface area contributed by atoms with Crippen LogP contribution in [0.25, 0.3) is 0 Å². The largest absolute Gasteiger partial charge is 0.350 e. The van der Waals surface area contributed by atoms with Crippen LogP contribution in [0.1, 0.15) is 49.9 Å². The number of rotatable bonds is 9. The van der Waals surface area contributed by atoms with Crippen molar-refractivity contribution in [2.24, 2.45) is 0 Å². The lowest BCUT2D eigenvalue weighted by Gasteiger charge is -2.34. The molecular weight excluding hydrogens is 510 g/mol. The van der Waals surface area contributed by atoms with Crippen molar-refractivity contribution in [3.05, 3.63) is 95.1 Å². The van der Waals surface area contributed by atoms with Gasteiger partial charge in [-0.15, -0.1) is 0 Å². The summed E-state index contributed by atoms with van der Waals surface area (Å²) in [4.78, 5) is 28.7. The third-order valence-electron chi connectivity index (χ3n) is 6.59. The van der Waals surface area contributed by atoms with Crippen LogP contribution in [0, 0.1) is 20.8 Å². The molecule has 3 aromatic carbocycles. The molecule has 0 fully saturated rings. The van der Waals surface area contributed by atoms with Crippen LogP contribution in [0.3, 0.4) is 0 Å². The highest BCUT2D eigenvalue weighted by atomic mass is 32.2. The highest BCUT2D eigenvalue weighted by Crippen LogP contribution is 2.29. The smallest absolute Gasteiger partial charge is 0.264 e. The van der Waals surface area contributed by atoms with E-state index in [0.717, 1.165) is 26.6 Å². The van der Waals surface area contributed by atoms with Gasteiger partial charge in [0.2, 0.25) is 11.8 Å². The van der Waals surface area contributed by atoms with Crippen LogP contribution in [0.2, 0.25) is 0 Å².